The predicted octanol–water partition coefficient (Wildman–Crippen LogP) is 0.876. The molecule has 0 atom stereocenters. The van der Waals surface area contributed by atoms with Gasteiger partial charge in [-0.2, -0.15) is 0 Å². The summed E-state index contributed by atoms with van der Waals surface area (Å²) >= 11 is 0. The molecule has 0 unspecified atom stereocenters. The molecule has 0 saturated heterocycles. The van der Waals surface area contributed by atoms with Crippen molar-refractivity contribution in [3.8, 4) is 5.75 Å². The first-order valence-corrected chi connectivity index (χ1v) is 7.77. The molecule has 1 heterocycles. The maximum absolute atomic E-state index is 12.0. The van der Waals surface area contributed by atoms with Crippen LogP contribution in [-0.2, 0) is 10.0 Å². The summed E-state index contributed by atoms with van der Waals surface area (Å²) in [5, 5.41) is 2.72. The van der Waals surface area contributed by atoms with Crippen molar-refractivity contribution in [2.75, 3.05) is 25.5 Å². The average molecular weight is 308 g/mol. The number of aromatic nitrogens is 2. The van der Waals surface area contributed by atoms with Crippen molar-refractivity contribution in [2.24, 2.45) is 0 Å². The zero-order valence-electron chi connectivity index (χ0n) is 11.5. The molecule has 8 heteroatoms. The monoisotopic (exact) mass is 308 g/mol. The third-order valence-electron chi connectivity index (χ3n) is 2.57. The minimum Gasteiger partial charge on any atom is -0.492 e. The first-order valence-electron chi connectivity index (χ1n) is 6.29. The Bertz CT molecular complexity index is 660. The molecule has 7 nitrogen and oxygen atoms in total. The minimum absolute atomic E-state index is 0.0150. The molecule has 0 fully saturated rings. The van der Waals surface area contributed by atoms with Gasteiger partial charge in [-0.05, 0) is 12.1 Å². The topological polar surface area (TPSA) is 93.2 Å². The van der Waals surface area contributed by atoms with E-state index in [0.29, 0.717) is 11.7 Å². The van der Waals surface area contributed by atoms with Crippen LogP contribution in [0.3, 0.4) is 0 Å². The number of nitrogens with one attached hydrogen (secondary N) is 2. The summed E-state index contributed by atoms with van der Waals surface area (Å²) in [6.45, 7) is 0.393. The van der Waals surface area contributed by atoms with Crippen molar-refractivity contribution in [3.05, 3.63) is 42.7 Å². The van der Waals surface area contributed by atoms with Crippen LogP contribution in [0.25, 0.3) is 0 Å². The van der Waals surface area contributed by atoms with E-state index in [4.69, 9.17) is 4.74 Å². The Kier molecular flexibility index (Phi) is 5.07. The van der Waals surface area contributed by atoms with E-state index in [2.05, 4.69) is 20.0 Å². The number of nitrogens with zero attached hydrogens (tertiary/aromatic N) is 2. The number of hydrogen-bond donors (Lipinski definition) is 2. The largest absolute Gasteiger partial charge is 0.492 e. The number of sulfonamides is 1. The van der Waals surface area contributed by atoms with E-state index in [0.717, 1.165) is 0 Å². The first-order chi connectivity index (χ1) is 10.1. The SMILES string of the molecule is CNc1ncc(S(=O)(=O)NCCOc2ccccc2)cn1. The van der Waals surface area contributed by atoms with Crippen LogP contribution in [0.15, 0.2) is 47.6 Å². The molecule has 0 saturated carbocycles. The van der Waals surface area contributed by atoms with E-state index in [1.807, 2.05) is 18.2 Å². The summed E-state index contributed by atoms with van der Waals surface area (Å²) in [7, 11) is -1.97. The number of hydrogen-bond acceptors (Lipinski definition) is 6. The highest BCUT2D eigenvalue weighted by molar-refractivity contribution is 7.89. The Morgan fingerprint density at radius 3 is 2.43 bits per heavy atom. The lowest BCUT2D eigenvalue weighted by molar-refractivity contribution is 0.323. The van der Waals surface area contributed by atoms with E-state index in [-0.39, 0.29) is 18.0 Å². The number of ether oxygens (including phenoxy) is 1. The van der Waals surface area contributed by atoms with Crippen molar-refractivity contribution in [3.63, 3.8) is 0 Å². The van der Waals surface area contributed by atoms with Gasteiger partial charge in [-0.25, -0.2) is 23.1 Å². The van der Waals surface area contributed by atoms with Gasteiger partial charge in [0, 0.05) is 13.6 Å². The molecule has 2 N–H and O–H groups in total. The molecule has 0 spiro atoms. The molecular formula is C13H16N4O3S. The Labute approximate surface area is 123 Å². The van der Waals surface area contributed by atoms with Crippen LogP contribution < -0.4 is 14.8 Å². The van der Waals surface area contributed by atoms with E-state index >= 15 is 0 Å². The summed E-state index contributed by atoms with van der Waals surface area (Å²) in [4.78, 5) is 7.75. The second-order valence-electron chi connectivity index (χ2n) is 4.05. The third kappa shape index (κ3) is 4.40. The zero-order valence-corrected chi connectivity index (χ0v) is 12.3. The summed E-state index contributed by atoms with van der Waals surface area (Å²) in [5.41, 5.74) is 0. The van der Waals surface area contributed by atoms with Gasteiger partial charge in [0.05, 0.1) is 12.4 Å². The summed E-state index contributed by atoms with van der Waals surface area (Å²) in [6.07, 6.45) is 2.50. The standard InChI is InChI=1S/C13H16N4O3S/c1-14-13-15-9-12(10-16-13)21(18,19)17-7-8-20-11-5-3-2-4-6-11/h2-6,9-10,17H,7-8H2,1H3,(H,14,15,16). The van der Waals surface area contributed by atoms with Crippen LogP contribution in [0.4, 0.5) is 5.95 Å². The maximum atomic E-state index is 12.0. The van der Waals surface area contributed by atoms with Crippen LogP contribution in [0.5, 0.6) is 5.75 Å². The molecule has 1 aromatic carbocycles. The second-order valence-corrected chi connectivity index (χ2v) is 5.82. The molecule has 112 valence electrons. The van der Waals surface area contributed by atoms with Crippen molar-refractivity contribution >= 4 is 16.0 Å². The molecule has 0 aliphatic rings. The quantitative estimate of drug-likeness (QED) is 0.737. The molecule has 0 bridgehead atoms. The lowest BCUT2D eigenvalue weighted by Gasteiger charge is -2.08. The molecule has 2 aromatic rings. The Morgan fingerprint density at radius 2 is 1.81 bits per heavy atom. The van der Waals surface area contributed by atoms with E-state index < -0.39 is 10.0 Å². The number of para-hydroxylation sites is 1. The van der Waals surface area contributed by atoms with Crippen LogP contribution in [-0.4, -0.2) is 38.6 Å². The highest BCUT2D eigenvalue weighted by Crippen LogP contribution is 2.08. The fourth-order valence-corrected chi connectivity index (χ4v) is 2.43. The van der Waals surface area contributed by atoms with Crippen LogP contribution >= 0.6 is 0 Å². The minimum atomic E-state index is -3.62. The molecule has 0 aliphatic heterocycles. The van der Waals surface area contributed by atoms with Gasteiger partial charge in [-0.15, -0.1) is 0 Å². The molecule has 0 amide bonds. The Balaban J connectivity index is 1.86. The van der Waals surface area contributed by atoms with Gasteiger partial charge in [0.1, 0.15) is 17.3 Å². The maximum Gasteiger partial charge on any atom is 0.243 e. The van der Waals surface area contributed by atoms with E-state index in [9.17, 15) is 8.42 Å². The van der Waals surface area contributed by atoms with Gasteiger partial charge < -0.3 is 10.1 Å². The molecule has 2 rings (SSSR count). The van der Waals surface area contributed by atoms with Crippen molar-refractivity contribution in [1.29, 1.82) is 0 Å². The number of benzene rings is 1. The van der Waals surface area contributed by atoms with Gasteiger partial charge >= 0.3 is 0 Å². The van der Waals surface area contributed by atoms with Gasteiger partial charge in [-0.1, -0.05) is 18.2 Å². The highest BCUT2D eigenvalue weighted by atomic mass is 32.2. The summed E-state index contributed by atoms with van der Waals surface area (Å²) in [5.74, 6) is 1.06. The van der Waals surface area contributed by atoms with Crippen molar-refractivity contribution in [2.45, 2.75) is 4.90 Å². The fourth-order valence-electron chi connectivity index (χ4n) is 1.53. The van der Waals surface area contributed by atoms with Crippen LogP contribution in [0.2, 0.25) is 0 Å². The normalized spacial score (nSPS) is 11.1. The Hall–Kier alpha value is -2.19. The fraction of sp³-hybridized carbons (Fsp3) is 0.231. The van der Waals surface area contributed by atoms with Gasteiger partial charge in [-0.3, -0.25) is 0 Å². The van der Waals surface area contributed by atoms with Gasteiger partial charge in [0.15, 0.2) is 0 Å². The Morgan fingerprint density at radius 1 is 1.14 bits per heavy atom. The number of rotatable bonds is 7. The summed E-state index contributed by atoms with van der Waals surface area (Å²) in [6, 6.07) is 9.18. The van der Waals surface area contributed by atoms with Crippen molar-refractivity contribution in [1.82, 2.24) is 14.7 Å². The first kappa shape index (κ1) is 15.2. The van der Waals surface area contributed by atoms with Gasteiger partial charge in [0.2, 0.25) is 16.0 Å². The lowest BCUT2D eigenvalue weighted by Crippen LogP contribution is -2.28. The van der Waals surface area contributed by atoms with E-state index in [1.54, 1.807) is 19.2 Å². The van der Waals surface area contributed by atoms with Crippen LogP contribution in [0, 0.1) is 0 Å². The summed E-state index contributed by atoms with van der Waals surface area (Å²) < 4.78 is 31.8. The van der Waals surface area contributed by atoms with Crippen molar-refractivity contribution < 1.29 is 13.2 Å². The van der Waals surface area contributed by atoms with Crippen LogP contribution in [0.1, 0.15) is 0 Å². The third-order valence-corrected chi connectivity index (χ3v) is 3.98. The zero-order chi connectivity index (χ0) is 15.1. The molecule has 0 radical (unpaired) electrons. The number of anilines is 1. The smallest absolute Gasteiger partial charge is 0.243 e. The van der Waals surface area contributed by atoms with Gasteiger partial charge in [0.25, 0.3) is 0 Å². The second kappa shape index (κ2) is 7.00. The average Bonchev–Trinajstić information content (AvgIpc) is 2.53. The molecule has 21 heavy (non-hydrogen) atoms. The molecular weight excluding hydrogens is 292 g/mol. The highest BCUT2D eigenvalue weighted by Gasteiger charge is 2.14. The van der Waals surface area contributed by atoms with E-state index in [1.165, 1.54) is 12.4 Å². The lowest BCUT2D eigenvalue weighted by atomic mass is 10.3. The molecule has 0 aliphatic carbocycles. The molecule has 1 aromatic heterocycles. The predicted molar refractivity (Wildman–Crippen MR) is 78.7 cm³/mol.